The van der Waals surface area contributed by atoms with E-state index in [-0.39, 0.29) is 5.78 Å². The Bertz CT molecular complexity index is 844. The fourth-order valence-electron chi connectivity index (χ4n) is 2.12. The Morgan fingerprint density at radius 2 is 1.74 bits per heavy atom. The summed E-state index contributed by atoms with van der Waals surface area (Å²) < 4.78 is 5.07. The molecule has 140 valence electrons. The Morgan fingerprint density at radius 3 is 2.30 bits per heavy atom. The average Bonchev–Trinajstić information content (AvgIpc) is 2.66. The van der Waals surface area contributed by atoms with Gasteiger partial charge in [-0.15, -0.1) is 10.1 Å². The second-order valence-corrected chi connectivity index (χ2v) is 5.51. The molecule has 1 atom stereocenters. The molecule has 1 unspecified atom stereocenters. The summed E-state index contributed by atoms with van der Waals surface area (Å²) in [6.07, 6.45) is 1.89. The molecule has 8 heteroatoms. The molecule has 2 rings (SSSR count). The lowest BCUT2D eigenvalue weighted by Crippen LogP contribution is -2.29. The van der Waals surface area contributed by atoms with Crippen LogP contribution in [-0.2, 0) is 9.63 Å². The molecule has 0 radical (unpaired) electrons. The highest BCUT2D eigenvalue weighted by Gasteiger charge is 2.16. The number of carbonyl (C=O) groups is 2. The minimum atomic E-state index is -1.24. The number of hydrogen-bond acceptors (Lipinski definition) is 6. The van der Waals surface area contributed by atoms with Crippen molar-refractivity contribution in [1.29, 1.82) is 0 Å². The molecule has 0 aliphatic rings. The number of ketones is 1. The van der Waals surface area contributed by atoms with E-state index in [9.17, 15) is 19.7 Å². The van der Waals surface area contributed by atoms with E-state index in [1.807, 2.05) is 12.1 Å². The Labute approximate surface area is 155 Å². The summed E-state index contributed by atoms with van der Waals surface area (Å²) in [5.41, 5.74) is 1.69. The molecule has 2 aromatic rings. The number of nitrogens with one attached hydrogen (secondary N) is 1. The van der Waals surface area contributed by atoms with E-state index in [1.54, 1.807) is 37.5 Å². The fraction of sp³-hybridized carbons (Fsp3) is 0.158. The average molecular weight is 370 g/mol. The van der Waals surface area contributed by atoms with E-state index in [2.05, 4.69) is 10.2 Å². The molecule has 0 fully saturated rings. The molecular weight excluding hydrogens is 352 g/mol. The Balaban J connectivity index is 1.97. The van der Waals surface area contributed by atoms with Gasteiger partial charge in [0.25, 0.3) is 11.0 Å². The maximum absolute atomic E-state index is 12.2. The van der Waals surface area contributed by atoms with Gasteiger partial charge in [0.15, 0.2) is 11.9 Å². The minimum Gasteiger partial charge on any atom is -0.497 e. The van der Waals surface area contributed by atoms with Crippen LogP contribution in [0.4, 0.5) is 5.69 Å². The zero-order valence-corrected chi connectivity index (χ0v) is 14.7. The molecule has 0 bridgehead atoms. The molecule has 0 spiro atoms. The van der Waals surface area contributed by atoms with Crippen molar-refractivity contribution in [3.05, 3.63) is 75.8 Å². The van der Waals surface area contributed by atoms with Gasteiger partial charge in [-0.05, 0) is 55.0 Å². The zero-order valence-electron chi connectivity index (χ0n) is 14.7. The van der Waals surface area contributed by atoms with Crippen LogP contribution in [0.5, 0.6) is 5.75 Å². The number of rotatable bonds is 8. The van der Waals surface area contributed by atoms with Crippen molar-refractivity contribution < 1.29 is 24.3 Å². The molecule has 8 nitrogen and oxygen atoms in total. The highest BCUT2D eigenvalue weighted by Crippen LogP contribution is 2.14. The number of ether oxygens (including phenoxy) is 1. The van der Waals surface area contributed by atoms with E-state index in [1.165, 1.54) is 25.1 Å². The van der Waals surface area contributed by atoms with Gasteiger partial charge in [-0.25, -0.2) is 0 Å². The standard InChI is InChI=1S/C19H18N2O6/c1-13(27-21(24)25)19(23)20-16-8-6-15(7-9-16)18(22)12-5-14-3-10-17(26-2)11-4-14/h3-13H,1-2H3,(H,20,23)/b12-5+. The van der Waals surface area contributed by atoms with Crippen LogP contribution in [0.2, 0.25) is 0 Å². The van der Waals surface area contributed by atoms with Crippen LogP contribution in [0.3, 0.4) is 0 Å². The van der Waals surface area contributed by atoms with E-state index in [0.29, 0.717) is 11.3 Å². The van der Waals surface area contributed by atoms with Gasteiger partial charge >= 0.3 is 0 Å². The molecule has 0 heterocycles. The first kappa shape index (κ1) is 19.6. The zero-order chi connectivity index (χ0) is 19.8. The van der Waals surface area contributed by atoms with Gasteiger partial charge in [-0.3, -0.25) is 9.59 Å². The molecule has 1 N–H and O–H groups in total. The quantitative estimate of drug-likeness (QED) is 0.331. The highest BCUT2D eigenvalue weighted by molar-refractivity contribution is 6.07. The maximum Gasteiger partial charge on any atom is 0.295 e. The number of anilines is 1. The Hall–Kier alpha value is -3.68. The monoisotopic (exact) mass is 370 g/mol. The van der Waals surface area contributed by atoms with Crippen molar-refractivity contribution in [1.82, 2.24) is 0 Å². The molecule has 27 heavy (non-hydrogen) atoms. The second-order valence-electron chi connectivity index (χ2n) is 5.51. The third-order valence-electron chi connectivity index (χ3n) is 3.59. The van der Waals surface area contributed by atoms with Crippen LogP contribution in [0.25, 0.3) is 6.08 Å². The third-order valence-corrected chi connectivity index (χ3v) is 3.59. The molecule has 1 amide bonds. The topological polar surface area (TPSA) is 108 Å². The van der Waals surface area contributed by atoms with Gasteiger partial charge in [-0.2, -0.15) is 0 Å². The first-order chi connectivity index (χ1) is 12.9. The summed E-state index contributed by atoms with van der Waals surface area (Å²) >= 11 is 0. The van der Waals surface area contributed by atoms with E-state index in [4.69, 9.17) is 4.74 Å². The van der Waals surface area contributed by atoms with Crippen LogP contribution >= 0.6 is 0 Å². The summed E-state index contributed by atoms with van der Waals surface area (Å²) in [7, 11) is 1.58. The van der Waals surface area contributed by atoms with Crippen LogP contribution in [0, 0.1) is 10.1 Å². The van der Waals surface area contributed by atoms with Crippen LogP contribution < -0.4 is 10.1 Å². The van der Waals surface area contributed by atoms with Gasteiger partial charge in [-0.1, -0.05) is 18.2 Å². The van der Waals surface area contributed by atoms with Gasteiger partial charge in [0, 0.05) is 11.3 Å². The highest BCUT2D eigenvalue weighted by atomic mass is 17.0. The minimum absolute atomic E-state index is 0.200. The normalized spacial score (nSPS) is 11.6. The van der Waals surface area contributed by atoms with Gasteiger partial charge < -0.3 is 14.9 Å². The first-order valence-corrected chi connectivity index (χ1v) is 7.97. The van der Waals surface area contributed by atoms with Gasteiger partial charge in [0.2, 0.25) is 0 Å². The first-order valence-electron chi connectivity index (χ1n) is 7.97. The van der Waals surface area contributed by atoms with Crippen LogP contribution in [0.1, 0.15) is 22.8 Å². The van der Waals surface area contributed by atoms with Crippen LogP contribution in [-0.4, -0.2) is 30.0 Å². The van der Waals surface area contributed by atoms with Crippen molar-refractivity contribution in [3.8, 4) is 5.75 Å². The summed E-state index contributed by atoms with van der Waals surface area (Å²) in [4.78, 5) is 38.4. The molecule has 0 aliphatic heterocycles. The molecule has 0 aromatic heterocycles. The summed E-state index contributed by atoms with van der Waals surface area (Å²) in [6.45, 7) is 1.26. The number of amides is 1. The van der Waals surface area contributed by atoms with Crippen molar-refractivity contribution in [3.63, 3.8) is 0 Å². The number of benzene rings is 2. The SMILES string of the molecule is COc1ccc(/C=C/C(=O)c2ccc(NC(=O)C(C)O[N+](=O)[O-])cc2)cc1. The summed E-state index contributed by atoms with van der Waals surface area (Å²) in [5.74, 6) is -0.132. The number of nitrogens with zero attached hydrogens (tertiary/aromatic N) is 1. The molecular formula is C19H18N2O6. The molecule has 2 aromatic carbocycles. The molecule has 0 aliphatic carbocycles. The summed E-state index contributed by atoms with van der Waals surface area (Å²) in [5, 5.41) is 11.7. The van der Waals surface area contributed by atoms with Gasteiger partial charge in [0.05, 0.1) is 7.11 Å². The predicted molar refractivity (Wildman–Crippen MR) is 99.0 cm³/mol. The lowest BCUT2D eigenvalue weighted by molar-refractivity contribution is -0.763. The lowest BCUT2D eigenvalue weighted by Gasteiger charge is -2.10. The Kier molecular flexibility index (Phi) is 6.65. The van der Waals surface area contributed by atoms with E-state index < -0.39 is 17.1 Å². The fourth-order valence-corrected chi connectivity index (χ4v) is 2.12. The lowest BCUT2D eigenvalue weighted by atomic mass is 10.1. The van der Waals surface area contributed by atoms with Gasteiger partial charge in [0.1, 0.15) is 5.75 Å². The predicted octanol–water partition coefficient (Wildman–Crippen LogP) is 3.13. The molecule has 0 saturated heterocycles. The third kappa shape index (κ3) is 5.96. The smallest absolute Gasteiger partial charge is 0.295 e. The maximum atomic E-state index is 12.2. The van der Waals surface area contributed by atoms with Crippen LogP contribution in [0.15, 0.2) is 54.6 Å². The number of methoxy groups -OCH3 is 1. The largest absolute Gasteiger partial charge is 0.497 e. The Morgan fingerprint density at radius 1 is 1.11 bits per heavy atom. The van der Waals surface area contributed by atoms with Crippen molar-refractivity contribution >= 4 is 23.5 Å². The second kappa shape index (κ2) is 9.14. The van der Waals surface area contributed by atoms with Crippen molar-refractivity contribution in [2.75, 3.05) is 12.4 Å². The number of hydrogen-bond donors (Lipinski definition) is 1. The van der Waals surface area contributed by atoms with E-state index >= 15 is 0 Å². The van der Waals surface area contributed by atoms with Crippen molar-refractivity contribution in [2.24, 2.45) is 0 Å². The number of allylic oxidation sites excluding steroid dienone is 1. The molecule has 0 saturated carbocycles. The van der Waals surface area contributed by atoms with E-state index in [0.717, 1.165) is 11.3 Å². The van der Waals surface area contributed by atoms with Crippen molar-refractivity contribution in [2.45, 2.75) is 13.0 Å². The number of carbonyl (C=O) groups excluding carboxylic acids is 2. The summed E-state index contributed by atoms with van der Waals surface area (Å²) in [6, 6.07) is 13.4.